The Morgan fingerprint density at radius 2 is 1.77 bits per heavy atom. The summed E-state index contributed by atoms with van der Waals surface area (Å²) in [7, 11) is 0. The van der Waals surface area contributed by atoms with E-state index in [1.54, 1.807) is 6.08 Å². The predicted molar refractivity (Wildman–Crippen MR) is 51.6 cm³/mol. The van der Waals surface area contributed by atoms with Gasteiger partial charge in [0.2, 0.25) is 0 Å². The Kier molecular flexibility index (Phi) is 8.67. The molecule has 3 nitrogen and oxygen atoms in total. The summed E-state index contributed by atoms with van der Waals surface area (Å²) in [5.74, 6) is -0.708. The van der Waals surface area contributed by atoms with E-state index >= 15 is 0 Å². The second kappa shape index (κ2) is 9.26. The number of rotatable bonds is 8. The lowest BCUT2D eigenvalue weighted by Gasteiger charge is -1.96. The lowest BCUT2D eigenvalue weighted by molar-refractivity contribution is -0.137. The molecule has 3 heteroatoms. The van der Waals surface area contributed by atoms with E-state index in [0.29, 0.717) is 0 Å². The lowest BCUT2D eigenvalue weighted by atomic mass is 10.1. The van der Waals surface area contributed by atoms with E-state index in [-0.39, 0.29) is 13.0 Å². The van der Waals surface area contributed by atoms with E-state index in [4.69, 9.17) is 10.2 Å². The first-order chi connectivity index (χ1) is 6.27. The number of unbranched alkanes of at least 4 members (excludes halogenated alkanes) is 4. The Balaban J connectivity index is 2.99. The van der Waals surface area contributed by atoms with Crippen molar-refractivity contribution in [3.8, 4) is 0 Å². The first-order valence-corrected chi connectivity index (χ1v) is 4.75. The molecule has 2 N–H and O–H groups in total. The fourth-order valence-electron chi connectivity index (χ4n) is 1.08. The number of aliphatic hydroxyl groups is 1. The van der Waals surface area contributed by atoms with Crippen LogP contribution in [-0.4, -0.2) is 22.8 Å². The number of carboxylic acid groups (broad SMARTS) is 1. The van der Waals surface area contributed by atoms with E-state index < -0.39 is 5.97 Å². The molecule has 0 radical (unpaired) electrons. The lowest BCUT2D eigenvalue weighted by Crippen LogP contribution is -1.93. The average molecular weight is 186 g/mol. The van der Waals surface area contributed by atoms with Crippen molar-refractivity contribution in [3.05, 3.63) is 12.2 Å². The number of hydrogen-bond donors (Lipinski definition) is 2. The molecule has 0 atom stereocenters. The number of carboxylic acids is 1. The number of allylic oxidation sites excluding steroid dienone is 1. The quantitative estimate of drug-likeness (QED) is 0.450. The van der Waals surface area contributed by atoms with E-state index in [2.05, 4.69) is 0 Å². The van der Waals surface area contributed by atoms with Crippen molar-refractivity contribution in [3.63, 3.8) is 0 Å². The van der Waals surface area contributed by atoms with Crippen molar-refractivity contribution in [1.82, 2.24) is 0 Å². The van der Waals surface area contributed by atoms with Gasteiger partial charge in [0, 0.05) is 6.42 Å². The van der Waals surface area contributed by atoms with Crippen molar-refractivity contribution in [2.45, 2.75) is 38.5 Å². The van der Waals surface area contributed by atoms with Gasteiger partial charge in [0.1, 0.15) is 0 Å². The molecule has 0 bridgehead atoms. The fraction of sp³-hybridized carbons (Fsp3) is 0.700. The van der Waals surface area contributed by atoms with Gasteiger partial charge in [-0.05, 0) is 19.3 Å². The van der Waals surface area contributed by atoms with Crippen LogP contribution in [0.5, 0.6) is 0 Å². The van der Waals surface area contributed by atoms with Crippen LogP contribution in [-0.2, 0) is 4.79 Å². The molecule has 0 aliphatic carbocycles. The molecular formula is C10H18O3. The number of aliphatic carboxylic acids is 1. The van der Waals surface area contributed by atoms with E-state index in [9.17, 15) is 4.79 Å². The molecule has 0 unspecified atom stereocenters. The van der Waals surface area contributed by atoms with E-state index in [0.717, 1.165) is 32.1 Å². The van der Waals surface area contributed by atoms with Crippen LogP contribution in [0.4, 0.5) is 0 Å². The van der Waals surface area contributed by atoms with E-state index in [1.165, 1.54) is 0 Å². The molecule has 0 aromatic carbocycles. The molecule has 0 amide bonds. The maximum absolute atomic E-state index is 10.1. The highest BCUT2D eigenvalue weighted by molar-refractivity contribution is 5.66. The Morgan fingerprint density at radius 1 is 1.08 bits per heavy atom. The zero-order valence-electron chi connectivity index (χ0n) is 7.91. The summed E-state index contributed by atoms with van der Waals surface area (Å²) in [5, 5.41) is 16.8. The predicted octanol–water partition coefficient (Wildman–Crippen LogP) is 1.96. The molecule has 0 rings (SSSR count). The van der Waals surface area contributed by atoms with Gasteiger partial charge < -0.3 is 10.2 Å². The van der Waals surface area contributed by atoms with Crippen LogP contribution in [0.3, 0.4) is 0 Å². The van der Waals surface area contributed by atoms with Crippen LogP contribution in [0.15, 0.2) is 12.2 Å². The second-order valence-electron chi connectivity index (χ2n) is 3.00. The van der Waals surface area contributed by atoms with Gasteiger partial charge in [-0.15, -0.1) is 0 Å². The van der Waals surface area contributed by atoms with E-state index in [1.807, 2.05) is 6.08 Å². The van der Waals surface area contributed by atoms with Gasteiger partial charge in [0.05, 0.1) is 6.61 Å². The number of hydrogen-bond acceptors (Lipinski definition) is 2. The molecule has 0 aromatic heterocycles. The highest BCUT2D eigenvalue weighted by Gasteiger charge is 1.95. The maximum atomic E-state index is 10.1. The summed E-state index contributed by atoms with van der Waals surface area (Å²) in [5.41, 5.74) is 0. The van der Waals surface area contributed by atoms with Gasteiger partial charge in [-0.25, -0.2) is 0 Å². The number of carbonyl (C=O) groups is 1. The highest BCUT2D eigenvalue weighted by atomic mass is 16.4. The molecule has 0 aliphatic heterocycles. The molecular weight excluding hydrogens is 168 g/mol. The first-order valence-electron chi connectivity index (χ1n) is 4.75. The van der Waals surface area contributed by atoms with Gasteiger partial charge in [-0.3, -0.25) is 4.79 Å². The van der Waals surface area contributed by atoms with Gasteiger partial charge in [-0.1, -0.05) is 25.0 Å². The molecule has 13 heavy (non-hydrogen) atoms. The summed E-state index contributed by atoms with van der Waals surface area (Å²) < 4.78 is 0. The van der Waals surface area contributed by atoms with Crippen LogP contribution >= 0.6 is 0 Å². The van der Waals surface area contributed by atoms with Crippen LogP contribution in [0.2, 0.25) is 0 Å². The summed E-state index contributed by atoms with van der Waals surface area (Å²) >= 11 is 0. The smallest absolute Gasteiger partial charge is 0.303 e. The number of aliphatic hydroxyl groups excluding tert-OH is 1. The Hall–Kier alpha value is -0.830. The highest BCUT2D eigenvalue weighted by Crippen LogP contribution is 2.05. The zero-order chi connectivity index (χ0) is 9.94. The molecule has 0 saturated heterocycles. The second-order valence-corrected chi connectivity index (χ2v) is 3.00. The first kappa shape index (κ1) is 12.2. The Bertz CT molecular complexity index is 152. The molecule has 0 saturated carbocycles. The van der Waals surface area contributed by atoms with Crippen molar-refractivity contribution < 1.29 is 15.0 Å². The average Bonchev–Trinajstić information content (AvgIpc) is 2.09. The fourth-order valence-corrected chi connectivity index (χ4v) is 1.08. The zero-order valence-corrected chi connectivity index (χ0v) is 7.91. The third kappa shape index (κ3) is 11.2. The van der Waals surface area contributed by atoms with Crippen molar-refractivity contribution in [2.24, 2.45) is 0 Å². The van der Waals surface area contributed by atoms with Crippen molar-refractivity contribution >= 4 is 5.97 Å². The molecule has 76 valence electrons. The third-order valence-corrected chi connectivity index (χ3v) is 1.78. The van der Waals surface area contributed by atoms with Crippen LogP contribution < -0.4 is 0 Å². The SMILES string of the molecule is O=C(O)CCCCCC/C=C/CO. The third-order valence-electron chi connectivity index (χ3n) is 1.78. The monoisotopic (exact) mass is 186 g/mol. The molecule has 0 heterocycles. The summed E-state index contributed by atoms with van der Waals surface area (Å²) in [6, 6.07) is 0. The standard InChI is InChI=1S/C10H18O3/c11-9-7-5-3-1-2-4-6-8-10(12)13/h5,7,11H,1-4,6,8-9H2,(H,12,13)/b7-5+. The normalized spacial score (nSPS) is 10.8. The summed E-state index contributed by atoms with van der Waals surface area (Å²) in [6.07, 6.45) is 8.87. The minimum atomic E-state index is -0.708. The summed E-state index contributed by atoms with van der Waals surface area (Å²) in [4.78, 5) is 10.1. The summed E-state index contributed by atoms with van der Waals surface area (Å²) in [6.45, 7) is 0.110. The van der Waals surface area contributed by atoms with Gasteiger partial charge in [0.15, 0.2) is 0 Å². The van der Waals surface area contributed by atoms with Gasteiger partial charge >= 0.3 is 5.97 Å². The molecule has 0 aliphatic rings. The van der Waals surface area contributed by atoms with Crippen molar-refractivity contribution in [1.29, 1.82) is 0 Å². The van der Waals surface area contributed by atoms with Crippen LogP contribution in [0.25, 0.3) is 0 Å². The minimum Gasteiger partial charge on any atom is -0.481 e. The molecule has 0 spiro atoms. The Labute approximate surface area is 79.1 Å². The molecule has 0 fully saturated rings. The van der Waals surface area contributed by atoms with Crippen molar-refractivity contribution in [2.75, 3.05) is 6.61 Å². The Morgan fingerprint density at radius 3 is 2.38 bits per heavy atom. The van der Waals surface area contributed by atoms with Crippen LogP contribution in [0, 0.1) is 0 Å². The molecule has 0 aromatic rings. The van der Waals surface area contributed by atoms with Gasteiger partial charge in [0.25, 0.3) is 0 Å². The van der Waals surface area contributed by atoms with Gasteiger partial charge in [-0.2, -0.15) is 0 Å². The largest absolute Gasteiger partial charge is 0.481 e. The topological polar surface area (TPSA) is 57.5 Å². The van der Waals surface area contributed by atoms with Crippen LogP contribution in [0.1, 0.15) is 38.5 Å². The maximum Gasteiger partial charge on any atom is 0.303 e. The minimum absolute atomic E-state index is 0.110.